The molecule has 0 spiro atoms. The van der Waals surface area contributed by atoms with Crippen LogP contribution >= 0.6 is 0 Å². The molecule has 0 saturated carbocycles. The maximum absolute atomic E-state index is 12.1. The van der Waals surface area contributed by atoms with Crippen molar-refractivity contribution in [3.8, 4) is 5.75 Å². The number of nitrogens with one attached hydrogen (secondary N) is 1. The lowest BCUT2D eigenvalue weighted by Crippen LogP contribution is -2.38. The summed E-state index contributed by atoms with van der Waals surface area (Å²) < 4.78 is 5.74. The molecule has 1 atom stereocenters. The maximum atomic E-state index is 12.1. The van der Waals surface area contributed by atoms with E-state index in [0.717, 1.165) is 18.7 Å². The number of hydrogen-bond donors (Lipinski definition) is 1. The van der Waals surface area contributed by atoms with Gasteiger partial charge in [0, 0.05) is 6.54 Å². The molecule has 3 nitrogen and oxygen atoms in total. The average molecular weight is 305 g/mol. The van der Waals surface area contributed by atoms with Gasteiger partial charge in [0.25, 0.3) is 5.91 Å². The summed E-state index contributed by atoms with van der Waals surface area (Å²) in [5.74, 6) is 0.748. The predicted octanol–water partition coefficient (Wildman–Crippen LogP) is 4.71. The number of hydrogen-bond acceptors (Lipinski definition) is 2. The third kappa shape index (κ3) is 8.06. The molecule has 0 aromatic heterocycles. The van der Waals surface area contributed by atoms with Crippen LogP contribution in [-0.2, 0) is 4.79 Å². The molecular weight excluding hydrogens is 274 g/mol. The summed E-state index contributed by atoms with van der Waals surface area (Å²) in [4.78, 5) is 12.1. The van der Waals surface area contributed by atoms with Gasteiger partial charge in [0.15, 0.2) is 6.10 Å². The standard InChI is InChI=1S/C19H31NO2/c1-3-5-6-7-8-9-13-16-20-19(21)18(4-2)22-17-14-11-10-12-15-17/h10-12,14-15,18H,3-9,13,16H2,1-2H3,(H,20,21). The first-order valence-corrected chi connectivity index (χ1v) is 8.77. The van der Waals surface area contributed by atoms with Crippen molar-refractivity contribution >= 4 is 5.91 Å². The van der Waals surface area contributed by atoms with Crippen LogP contribution in [0.3, 0.4) is 0 Å². The van der Waals surface area contributed by atoms with Crippen molar-refractivity contribution in [2.75, 3.05) is 6.54 Å². The fourth-order valence-corrected chi connectivity index (χ4v) is 2.39. The Balaban J connectivity index is 2.14. The van der Waals surface area contributed by atoms with Crippen molar-refractivity contribution in [2.24, 2.45) is 0 Å². The van der Waals surface area contributed by atoms with Gasteiger partial charge in [-0.1, -0.05) is 70.6 Å². The quantitative estimate of drug-likeness (QED) is 0.568. The Morgan fingerprint density at radius 3 is 2.27 bits per heavy atom. The minimum Gasteiger partial charge on any atom is -0.481 e. The Labute approximate surface area is 135 Å². The lowest BCUT2D eigenvalue weighted by Gasteiger charge is -2.17. The van der Waals surface area contributed by atoms with Crippen molar-refractivity contribution in [2.45, 2.75) is 71.3 Å². The number of amides is 1. The van der Waals surface area contributed by atoms with Crippen LogP contribution in [0.4, 0.5) is 0 Å². The number of carbonyl (C=O) groups excluding carboxylic acids is 1. The van der Waals surface area contributed by atoms with E-state index >= 15 is 0 Å². The van der Waals surface area contributed by atoms with Gasteiger partial charge in [-0.05, 0) is 25.0 Å². The Bertz CT molecular complexity index is 392. The highest BCUT2D eigenvalue weighted by molar-refractivity contribution is 5.81. The molecule has 1 N–H and O–H groups in total. The van der Waals surface area contributed by atoms with Crippen molar-refractivity contribution in [1.82, 2.24) is 5.32 Å². The summed E-state index contributed by atoms with van der Waals surface area (Å²) in [7, 11) is 0. The molecule has 0 aliphatic rings. The molecule has 0 saturated heterocycles. The van der Waals surface area contributed by atoms with Gasteiger partial charge in [-0.15, -0.1) is 0 Å². The minimum atomic E-state index is -0.396. The number of unbranched alkanes of at least 4 members (excludes halogenated alkanes) is 6. The number of ether oxygens (including phenoxy) is 1. The van der Waals surface area contributed by atoms with E-state index in [1.54, 1.807) is 0 Å². The van der Waals surface area contributed by atoms with Gasteiger partial charge < -0.3 is 10.1 Å². The summed E-state index contributed by atoms with van der Waals surface area (Å²) >= 11 is 0. The number of benzene rings is 1. The zero-order valence-electron chi connectivity index (χ0n) is 14.1. The molecule has 22 heavy (non-hydrogen) atoms. The van der Waals surface area contributed by atoms with E-state index in [4.69, 9.17) is 4.74 Å². The lowest BCUT2D eigenvalue weighted by molar-refractivity contribution is -0.128. The van der Waals surface area contributed by atoms with Crippen molar-refractivity contribution < 1.29 is 9.53 Å². The van der Waals surface area contributed by atoms with Gasteiger partial charge >= 0.3 is 0 Å². The van der Waals surface area contributed by atoms with Crippen LogP contribution in [0.25, 0.3) is 0 Å². The third-order valence-electron chi connectivity index (χ3n) is 3.76. The summed E-state index contributed by atoms with van der Waals surface area (Å²) in [6.45, 7) is 4.96. The van der Waals surface area contributed by atoms with Gasteiger partial charge in [0.1, 0.15) is 5.75 Å². The third-order valence-corrected chi connectivity index (χ3v) is 3.76. The molecule has 1 rings (SSSR count). The van der Waals surface area contributed by atoms with Gasteiger partial charge in [0.05, 0.1) is 0 Å². The highest BCUT2D eigenvalue weighted by atomic mass is 16.5. The highest BCUT2D eigenvalue weighted by Crippen LogP contribution is 2.12. The fraction of sp³-hybridized carbons (Fsp3) is 0.632. The van der Waals surface area contributed by atoms with E-state index in [2.05, 4.69) is 12.2 Å². The highest BCUT2D eigenvalue weighted by Gasteiger charge is 2.17. The molecule has 124 valence electrons. The zero-order valence-corrected chi connectivity index (χ0v) is 14.1. The van der Waals surface area contributed by atoms with Gasteiger partial charge in [-0.3, -0.25) is 4.79 Å². The van der Waals surface area contributed by atoms with E-state index in [1.165, 1.54) is 38.5 Å². The van der Waals surface area contributed by atoms with Crippen molar-refractivity contribution in [1.29, 1.82) is 0 Å². The van der Waals surface area contributed by atoms with Crippen molar-refractivity contribution in [3.05, 3.63) is 30.3 Å². The minimum absolute atomic E-state index is 0.00247. The van der Waals surface area contributed by atoms with Gasteiger partial charge in [-0.25, -0.2) is 0 Å². The van der Waals surface area contributed by atoms with Crippen LogP contribution in [0.15, 0.2) is 30.3 Å². The topological polar surface area (TPSA) is 38.3 Å². The SMILES string of the molecule is CCCCCCCCCNC(=O)C(CC)Oc1ccccc1. The first-order valence-electron chi connectivity index (χ1n) is 8.77. The van der Waals surface area contributed by atoms with E-state index in [1.807, 2.05) is 37.3 Å². The van der Waals surface area contributed by atoms with Gasteiger partial charge in [-0.2, -0.15) is 0 Å². The number of carbonyl (C=O) groups is 1. The van der Waals surface area contributed by atoms with Crippen LogP contribution in [0.2, 0.25) is 0 Å². The molecule has 0 aliphatic carbocycles. The molecule has 3 heteroatoms. The molecule has 1 amide bonds. The van der Waals surface area contributed by atoms with Crippen LogP contribution in [-0.4, -0.2) is 18.6 Å². The normalized spacial score (nSPS) is 11.9. The predicted molar refractivity (Wildman–Crippen MR) is 92.2 cm³/mol. The Morgan fingerprint density at radius 1 is 1.00 bits per heavy atom. The Morgan fingerprint density at radius 2 is 1.64 bits per heavy atom. The second-order valence-electron chi connectivity index (χ2n) is 5.74. The molecular formula is C19H31NO2. The second kappa shape index (κ2) is 12.1. The monoisotopic (exact) mass is 305 g/mol. The maximum Gasteiger partial charge on any atom is 0.261 e. The van der Waals surface area contributed by atoms with E-state index in [0.29, 0.717) is 6.42 Å². The number of rotatable bonds is 12. The van der Waals surface area contributed by atoms with Gasteiger partial charge in [0.2, 0.25) is 0 Å². The molecule has 0 aliphatic heterocycles. The Kier molecular flexibility index (Phi) is 10.2. The summed E-state index contributed by atoms with van der Waals surface area (Å²) in [5, 5.41) is 2.99. The molecule has 1 aromatic carbocycles. The molecule has 0 bridgehead atoms. The molecule has 0 fully saturated rings. The smallest absolute Gasteiger partial charge is 0.261 e. The van der Waals surface area contributed by atoms with Crippen LogP contribution in [0.1, 0.15) is 65.2 Å². The van der Waals surface area contributed by atoms with Crippen LogP contribution < -0.4 is 10.1 Å². The average Bonchev–Trinajstić information content (AvgIpc) is 2.55. The Hall–Kier alpha value is -1.51. The molecule has 0 radical (unpaired) electrons. The molecule has 0 heterocycles. The first-order chi connectivity index (χ1) is 10.8. The fourth-order valence-electron chi connectivity index (χ4n) is 2.39. The second-order valence-corrected chi connectivity index (χ2v) is 5.74. The van der Waals surface area contributed by atoms with Crippen LogP contribution in [0, 0.1) is 0 Å². The molecule has 1 unspecified atom stereocenters. The van der Waals surface area contributed by atoms with E-state index in [-0.39, 0.29) is 5.91 Å². The first kappa shape index (κ1) is 18.5. The summed E-state index contributed by atoms with van der Waals surface area (Å²) in [6.07, 6.45) is 9.08. The summed E-state index contributed by atoms with van der Waals surface area (Å²) in [6, 6.07) is 9.53. The lowest BCUT2D eigenvalue weighted by atomic mass is 10.1. The largest absolute Gasteiger partial charge is 0.481 e. The van der Waals surface area contributed by atoms with E-state index < -0.39 is 6.10 Å². The summed E-state index contributed by atoms with van der Waals surface area (Å²) in [5.41, 5.74) is 0. The van der Waals surface area contributed by atoms with E-state index in [9.17, 15) is 4.79 Å². The number of para-hydroxylation sites is 1. The molecule has 1 aromatic rings. The zero-order chi connectivity index (χ0) is 16.0. The van der Waals surface area contributed by atoms with Crippen LogP contribution in [0.5, 0.6) is 5.75 Å². The van der Waals surface area contributed by atoms with Crippen molar-refractivity contribution in [3.63, 3.8) is 0 Å².